The minimum atomic E-state index is -0.433. The van der Waals surface area contributed by atoms with E-state index in [1.165, 1.54) is 0 Å². The molecule has 104 valence electrons. The molecule has 1 aliphatic heterocycles. The molecule has 1 amide bonds. The molecular formula is C14H21N3O2. The van der Waals surface area contributed by atoms with Gasteiger partial charge in [-0.05, 0) is 30.8 Å². The van der Waals surface area contributed by atoms with Gasteiger partial charge in [-0.1, -0.05) is 12.7 Å². The molecule has 0 saturated carbocycles. The Morgan fingerprint density at radius 1 is 1.58 bits per heavy atom. The lowest BCUT2D eigenvalue weighted by atomic mass is 10.2. The Labute approximate surface area is 114 Å². The number of rotatable bonds is 6. The fourth-order valence-corrected chi connectivity index (χ4v) is 1.74. The van der Waals surface area contributed by atoms with Crippen LogP contribution in [0.2, 0.25) is 0 Å². The average molecular weight is 263 g/mol. The number of aliphatic hydroxyl groups excluding tert-OH is 1. The molecule has 0 saturated heterocycles. The van der Waals surface area contributed by atoms with Crippen LogP contribution in [0.15, 0.2) is 48.4 Å². The Balaban J connectivity index is 2.69. The first kappa shape index (κ1) is 15.2. The van der Waals surface area contributed by atoms with Gasteiger partial charge in [0.1, 0.15) is 0 Å². The van der Waals surface area contributed by atoms with Crippen LogP contribution in [0.1, 0.15) is 0 Å². The number of allylic oxidation sites excluding steroid dienone is 4. The molecule has 1 rings (SSSR count). The van der Waals surface area contributed by atoms with Crippen molar-refractivity contribution in [3.63, 3.8) is 0 Å². The summed E-state index contributed by atoms with van der Waals surface area (Å²) in [5, 5.41) is 15.3. The summed E-state index contributed by atoms with van der Waals surface area (Å²) in [6, 6.07) is 0. The number of likely N-dealkylation sites (N-methyl/N-ethyl adjacent to an activating group) is 1. The van der Waals surface area contributed by atoms with Gasteiger partial charge in [0, 0.05) is 31.5 Å². The molecule has 5 heteroatoms. The Morgan fingerprint density at radius 2 is 2.37 bits per heavy atom. The molecule has 1 heterocycles. The maximum absolute atomic E-state index is 10.5. The first-order valence-electron chi connectivity index (χ1n) is 6.18. The van der Waals surface area contributed by atoms with Crippen LogP contribution < -0.4 is 10.6 Å². The lowest BCUT2D eigenvalue weighted by Gasteiger charge is -2.22. The first-order chi connectivity index (χ1) is 9.15. The summed E-state index contributed by atoms with van der Waals surface area (Å²) in [5.41, 5.74) is 1.48. The van der Waals surface area contributed by atoms with Crippen LogP contribution in [-0.2, 0) is 4.79 Å². The third kappa shape index (κ3) is 6.03. The number of aliphatic hydroxyl groups is 1. The largest absolute Gasteiger partial charge is 0.390 e. The smallest absolute Gasteiger partial charge is 0.211 e. The standard InChI is InChI=1S/C14H21N3O2/c1-12-5-7-17(10-14(19)9-15-2)6-3-4-13(8-12)16-11-18/h3-5,7-8,11,14-15,19H,1,6,9-10H2,2H3,(H,16,18)/b4-3-,7-5-,13-8+. The van der Waals surface area contributed by atoms with Gasteiger partial charge >= 0.3 is 0 Å². The predicted octanol–water partition coefficient (Wildman–Crippen LogP) is 0.138. The van der Waals surface area contributed by atoms with Gasteiger partial charge in [-0.3, -0.25) is 4.79 Å². The molecule has 0 aromatic rings. The van der Waals surface area contributed by atoms with Crippen molar-refractivity contribution < 1.29 is 9.90 Å². The maximum atomic E-state index is 10.5. The molecule has 19 heavy (non-hydrogen) atoms. The maximum Gasteiger partial charge on any atom is 0.211 e. The molecule has 0 aromatic carbocycles. The van der Waals surface area contributed by atoms with Crippen molar-refractivity contribution in [3.8, 4) is 0 Å². The van der Waals surface area contributed by atoms with Crippen LogP contribution in [-0.4, -0.2) is 49.2 Å². The molecule has 0 spiro atoms. The third-order valence-electron chi connectivity index (χ3n) is 2.59. The van der Waals surface area contributed by atoms with Crippen LogP contribution in [0.4, 0.5) is 0 Å². The Hall–Kier alpha value is -1.85. The van der Waals surface area contributed by atoms with E-state index in [-0.39, 0.29) is 0 Å². The van der Waals surface area contributed by atoms with Gasteiger partial charge in [0.25, 0.3) is 0 Å². The molecule has 1 atom stereocenters. The zero-order valence-corrected chi connectivity index (χ0v) is 11.2. The zero-order chi connectivity index (χ0) is 14.1. The van der Waals surface area contributed by atoms with E-state index in [1.54, 1.807) is 13.1 Å². The number of nitrogens with one attached hydrogen (secondary N) is 2. The molecular weight excluding hydrogens is 242 g/mol. The van der Waals surface area contributed by atoms with E-state index in [4.69, 9.17) is 0 Å². The lowest BCUT2D eigenvalue weighted by Crippen LogP contribution is -2.35. The number of hydrogen-bond acceptors (Lipinski definition) is 4. The van der Waals surface area contributed by atoms with Gasteiger partial charge in [-0.25, -0.2) is 0 Å². The molecule has 1 unspecified atom stereocenters. The predicted molar refractivity (Wildman–Crippen MR) is 76.2 cm³/mol. The Kier molecular flexibility index (Phi) is 6.63. The van der Waals surface area contributed by atoms with E-state index in [1.807, 2.05) is 29.3 Å². The highest BCUT2D eigenvalue weighted by Gasteiger charge is 2.07. The molecule has 1 aliphatic rings. The van der Waals surface area contributed by atoms with Crippen molar-refractivity contribution in [2.75, 3.05) is 26.7 Å². The van der Waals surface area contributed by atoms with Crippen molar-refractivity contribution >= 4 is 6.41 Å². The van der Waals surface area contributed by atoms with Crippen LogP contribution in [0.25, 0.3) is 0 Å². The summed E-state index contributed by atoms with van der Waals surface area (Å²) in [6.45, 7) is 5.62. The zero-order valence-electron chi connectivity index (χ0n) is 11.2. The molecule has 3 N–H and O–H groups in total. The molecule has 0 radical (unpaired) electrons. The summed E-state index contributed by atoms with van der Waals surface area (Å²) < 4.78 is 0. The SMILES string of the molecule is C=C1/C=C\N(CC(O)CNC)C/C=C\C(NC=O)=C/1. The van der Waals surface area contributed by atoms with Crippen LogP contribution in [0, 0.1) is 0 Å². The third-order valence-corrected chi connectivity index (χ3v) is 2.59. The second-order valence-corrected chi connectivity index (χ2v) is 4.32. The number of carbonyl (C=O) groups is 1. The molecule has 0 aromatic heterocycles. The second kappa shape index (κ2) is 8.29. The second-order valence-electron chi connectivity index (χ2n) is 4.32. The Bertz CT molecular complexity index is 399. The van der Waals surface area contributed by atoms with E-state index < -0.39 is 6.10 Å². The highest BCUT2D eigenvalue weighted by molar-refractivity contribution is 5.53. The highest BCUT2D eigenvalue weighted by Crippen LogP contribution is 2.06. The topological polar surface area (TPSA) is 64.6 Å². The molecule has 0 aliphatic carbocycles. The normalized spacial score (nSPS) is 23.4. The van der Waals surface area contributed by atoms with Gasteiger partial charge in [-0.15, -0.1) is 0 Å². The van der Waals surface area contributed by atoms with Gasteiger partial charge in [0.05, 0.1) is 6.10 Å². The summed E-state index contributed by atoms with van der Waals surface area (Å²) in [4.78, 5) is 12.4. The highest BCUT2D eigenvalue weighted by atomic mass is 16.3. The van der Waals surface area contributed by atoms with Gasteiger partial charge in [0.15, 0.2) is 0 Å². The van der Waals surface area contributed by atoms with Crippen molar-refractivity contribution in [1.82, 2.24) is 15.5 Å². The van der Waals surface area contributed by atoms with Gasteiger partial charge < -0.3 is 20.6 Å². The van der Waals surface area contributed by atoms with E-state index in [0.717, 1.165) is 5.57 Å². The van der Waals surface area contributed by atoms with Crippen LogP contribution in [0.3, 0.4) is 0 Å². The number of carbonyl (C=O) groups excluding carboxylic acids is 1. The van der Waals surface area contributed by atoms with Crippen molar-refractivity contribution in [1.29, 1.82) is 0 Å². The average Bonchev–Trinajstić information content (AvgIpc) is 2.43. The molecule has 0 fully saturated rings. The van der Waals surface area contributed by atoms with Crippen molar-refractivity contribution in [3.05, 3.63) is 48.4 Å². The van der Waals surface area contributed by atoms with Crippen LogP contribution >= 0.6 is 0 Å². The number of hydrogen-bond donors (Lipinski definition) is 3. The fraction of sp³-hybridized carbons (Fsp3) is 0.357. The summed E-state index contributed by atoms with van der Waals surface area (Å²) in [6.07, 6.45) is 9.49. The minimum absolute atomic E-state index is 0.433. The van der Waals surface area contributed by atoms with Crippen molar-refractivity contribution in [2.45, 2.75) is 6.10 Å². The minimum Gasteiger partial charge on any atom is -0.390 e. The molecule has 5 nitrogen and oxygen atoms in total. The van der Waals surface area contributed by atoms with Gasteiger partial charge in [0.2, 0.25) is 6.41 Å². The summed E-state index contributed by atoms with van der Waals surface area (Å²) in [5.74, 6) is 0. The first-order valence-corrected chi connectivity index (χ1v) is 6.18. The summed E-state index contributed by atoms with van der Waals surface area (Å²) >= 11 is 0. The number of β-amino-alcohol motifs (C(OH)–C–C–N with tert-alkyl or cyclic N) is 1. The Morgan fingerprint density at radius 3 is 3.05 bits per heavy atom. The number of amides is 1. The van der Waals surface area contributed by atoms with E-state index in [2.05, 4.69) is 17.2 Å². The fourth-order valence-electron chi connectivity index (χ4n) is 1.74. The van der Waals surface area contributed by atoms with Gasteiger partial charge in [-0.2, -0.15) is 0 Å². The van der Waals surface area contributed by atoms with Crippen LogP contribution in [0.5, 0.6) is 0 Å². The number of nitrogens with zero attached hydrogens (tertiary/aromatic N) is 1. The molecule has 0 bridgehead atoms. The van der Waals surface area contributed by atoms with Crippen molar-refractivity contribution in [2.24, 2.45) is 0 Å². The van der Waals surface area contributed by atoms with E-state index in [9.17, 15) is 9.90 Å². The van der Waals surface area contributed by atoms with E-state index >= 15 is 0 Å². The quantitative estimate of drug-likeness (QED) is 0.596. The van der Waals surface area contributed by atoms with E-state index in [0.29, 0.717) is 31.7 Å². The summed E-state index contributed by atoms with van der Waals surface area (Å²) in [7, 11) is 1.81. The lowest BCUT2D eigenvalue weighted by molar-refractivity contribution is -0.108. The monoisotopic (exact) mass is 263 g/mol.